The molecule has 44 heavy (non-hydrogen) atoms. The van der Waals surface area contributed by atoms with Gasteiger partial charge in [0.15, 0.2) is 5.82 Å². The van der Waals surface area contributed by atoms with Gasteiger partial charge in [0.05, 0.1) is 24.3 Å². The molecule has 0 N–H and O–H groups in total. The van der Waals surface area contributed by atoms with Gasteiger partial charge in [0.1, 0.15) is 11.9 Å². The normalized spacial score (nSPS) is 21.2. The minimum Gasteiger partial charge on any atom is -0.496 e. The van der Waals surface area contributed by atoms with Crippen molar-refractivity contribution in [2.45, 2.75) is 75.9 Å². The number of hydrogen-bond acceptors (Lipinski definition) is 6. The first kappa shape index (κ1) is 30.0. The van der Waals surface area contributed by atoms with Gasteiger partial charge in [-0.1, -0.05) is 5.16 Å². The lowest BCUT2D eigenvalue weighted by Crippen LogP contribution is -2.34. The molecule has 1 aromatic heterocycles. The van der Waals surface area contributed by atoms with Gasteiger partial charge in [0.25, 0.3) is 5.89 Å². The van der Waals surface area contributed by atoms with E-state index in [9.17, 15) is 31.1 Å². The molecule has 3 aliphatic rings. The van der Waals surface area contributed by atoms with E-state index in [0.717, 1.165) is 42.4 Å². The predicted octanol–water partition coefficient (Wildman–Crippen LogP) is 8.57. The molecule has 0 spiro atoms. The van der Waals surface area contributed by atoms with Crippen LogP contribution in [0.3, 0.4) is 0 Å². The zero-order valence-electron chi connectivity index (χ0n) is 23.9. The lowest BCUT2D eigenvalue weighted by Gasteiger charge is -2.28. The second-order valence-corrected chi connectivity index (χ2v) is 11.4. The zero-order valence-corrected chi connectivity index (χ0v) is 23.9. The van der Waals surface area contributed by atoms with Crippen LogP contribution in [0.25, 0.3) is 17.0 Å². The third-order valence-corrected chi connectivity index (χ3v) is 8.43. The first-order valence-corrected chi connectivity index (χ1v) is 14.3. The van der Waals surface area contributed by atoms with Crippen LogP contribution in [0.4, 0.5) is 31.1 Å². The Balaban J connectivity index is 1.32. The number of amides is 1. The van der Waals surface area contributed by atoms with E-state index in [1.54, 1.807) is 20.1 Å². The molecule has 0 radical (unpaired) electrons. The quantitative estimate of drug-likeness (QED) is 0.246. The summed E-state index contributed by atoms with van der Waals surface area (Å²) in [7, 11) is 1.55. The second kappa shape index (κ2) is 11.2. The van der Waals surface area contributed by atoms with Crippen LogP contribution in [0.1, 0.15) is 85.5 Å². The molecule has 1 aliphatic heterocycles. The molecule has 0 unspecified atom stereocenters. The monoisotopic (exact) mass is 621 g/mol. The Labute approximate surface area is 248 Å². The molecule has 2 aromatic carbocycles. The summed E-state index contributed by atoms with van der Waals surface area (Å²) in [5.74, 6) is 1.98. The molecule has 1 saturated carbocycles. The maximum absolute atomic E-state index is 13.5. The van der Waals surface area contributed by atoms with Gasteiger partial charge in [-0.3, -0.25) is 4.90 Å². The van der Waals surface area contributed by atoms with E-state index in [-0.39, 0.29) is 18.2 Å². The van der Waals surface area contributed by atoms with E-state index in [1.165, 1.54) is 4.90 Å². The number of carbonyl (C=O) groups is 1. The third-order valence-electron chi connectivity index (χ3n) is 8.43. The van der Waals surface area contributed by atoms with E-state index in [2.05, 4.69) is 10.1 Å². The highest BCUT2D eigenvalue weighted by Crippen LogP contribution is 2.44. The number of ether oxygens (including phenoxy) is 2. The Hall–Kier alpha value is -4.03. The van der Waals surface area contributed by atoms with Gasteiger partial charge < -0.3 is 14.0 Å². The number of aromatic nitrogens is 2. The highest BCUT2D eigenvalue weighted by atomic mass is 19.4. The summed E-state index contributed by atoms with van der Waals surface area (Å²) < 4.78 is 97.7. The molecule has 3 aromatic rings. The van der Waals surface area contributed by atoms with Crippen molar-refractivity contribution in [2.75, 3.05) is 13.7 Å². The molecule has 2 fully saturated rings. The maximum atomic E-state index is 13.5. The molecule has 1 amide bonds. The lowest BCUT2D eigenvalue weighted by molar-refractivity contribution is -0.143. The smallest absolute Gasteiger partial charge is 0.416 e. The summed E-state index contributed by atoms with van der Waals surface area (Å²) in [6.07, 6.45) is -7.08. The average molecular weight is 622 g/mol. The van der Waals surface area contributed by atoms with E-state index >= 15 is 0 Å². The standard InChI is InChI=1S/C31H29F6N3O4/c1-16-26(20-11-21(30(32,33)34)14-22(12-20)31(35,36)37)43-29(41)40(16)15-19-5-3-4-6-23(19)24-13-18(9-10-25(24)42-2)28-38-27(39-44-28)17-7-8-17/h9-14,16-17,26H,3-8,15H2,1-2H3/t16-,26-/m0/s1. The van der Waals surface area contributed by atoms with Crippen LogP contribution in [-0.2, 0) is 17.1 Å². The fourth-order valence-electron chi connectivity index (χ4n) is 5.91. The first-order chi connectivity index (χ1) is 20.8. The van der Waals surface area contributed by atoms with Crippen molar-refractivity contribution in [1.82, 2.24) is 15.0 Å². The number of halogens is 6. The summed E-state index contributed by atoms with van der Waals surface area (Å²) in [5.41, 5.74) is 0.0523. The molecule has 1 saturated heterocycles. The summed E-state index contributed by atoms with van der Waals surface area (Å²) in [4.78, 5) is 19.0. The van der Waals surface area contributed by atoms with Crippen molar-refractivity contribution < 1.29 is 45.1 Å². The number of cyclic esters (lactones) is 1. The fourth-order valence-corrected chi connectivity index (χ4v) is 5.91. The molecular formula is C31H29F6N3O4. The summed E-state index contributed by atoms with van der Waals surface area (Å²) in [6.45, 7) is 1.65. The minimum atomic E-state index is -5.02. The van der Waals surface area contributed by atoms with Gasteiger partial charge >= 0.3 is 18.4 Å². The van der Waals surface area contributed by atoms with Crippen LogP contribution in [-0.4, -0.2) is 40.8 Å². The van der Waals surface area contributed by atoms with Crippen LogP contribution in [0.5, 0.6) is 5.75 Å². The first-order valence-electron chi connectivity index (χ1n) is 14.3. The van der Waals surface area contributed by atoms with E-state index < -0.39 is 41.7 Å². The molecule has 2 aliphatic carbocycles. The van der Waals surface area contributed by atoms with Gasteiger partial charge in [-0.05, 0) is 98.6 Å². The second-order valence-electron chi connectivity index (χ2n) is 11.4. The highest BCUT2D eigenvalue weighted by molar-refractivity contribution is 5.78. The Morgan fingerprint density at radius 2 is 1.66 bits per heavy atom. The summed E-state index contributed by atoms with van der Waals surface area (Å²) in [5, 5.41) is 4.10. The Morgan fingerprint density at radius 3 is 2.30 bits per heavy atom. The van der Waals surface area contributed by atoms with Crippen molar-refractivity contribution in [1.29, 1.82) is 0 Å². The van der Waals surface area contributed by atoms with Crippen molar-refractivity contribution in [3.8, 4) is 17.2 Å². The average Bonchev–Trinajstić information content (AvgIpc) is 3.65. The topological polar surface area (TPSA) is 77.7 Å². The number of hydrogen-bond donors (Lipinski definition) is 0. The maximum Gasteiger partial charge on any atom is 0.416 e. The molecule has 2 atom stereocenters. The van der Waals surface area contributed by atoms with Gasteiger partial charge in [0, 0.05) is 23.6 Å². The number of methoxy groups -OCH3 is 1. The third kappa shape index (κ3) is 5.88. The SMILES string of the molecule is COc1ccc(-c2nc(C3CC3)no2)cc1C1=C(CN2C(=O)O[C@H](c3cc(C(F)(F)F)cc(C(F)(F)F)c3)[C@@H]2C)CCCC1. The Morgan fingerprint density at radius 1 is 0.977 bits per heavy atom. The fraction of sp³-hybridized carbons (Fsp3) is 0.452. The highest BCUT2D eigenvalue weighted by Gasteiger charge is 2.43. The van der Waals surface area contributed by atoms with Gasteiger partial charge in [-0.25, -0.2) is 4.79 Å². The number of rotatable bonds is 7. The van der Waals surface area contributed by atoms with Crippen molar-refractivity contribution in [3.63, 3.8) is 0 Å². The van der Waals surface area contributed by atoms with Crippen LogP contribution < -0.4 is 4.74 Å². The van der Waals surface area contributed by atoms with Gasteiger partial charge in [0.2, 0.25) is 0 Å². The predicted molar refractivity (Wildman–Crippen MR) is 145 cm³/mol. The number of benzene rings is 2. The minimum absolute atomic E-state index is 0.0599. The molecular weight excluding hydrogens is 592 g/mol. The van der Waals surface area contributed by atoms with Crippen LogP contribution in [0.2, 0.25) is 0 Å². The van der Waals surface area contributed by atoms with Crippen LogP contribution in [0, 0.1) is 0 Å². The zero-order chi connectivity index (χ0) is 31.4. The lowest BCUT2D eigenvalue weighted by atomic mass is 9.85. The number of allylic oxidation sites excluding steroid dienone is 1. The molecule has 13 heteroatoms. The van der Waals surface area contributed by atoms with Gasteiger partial charge in [-0.15, -0.1) is 0 Å². The van der Waals surface area contributed by atoms with Crippen molar-refractivity contribution in [2.24, 2.45) is 0 Å². The van der Waals surface area contributed by atoms with Crippen molar-refractivity contribution >= 4 is 11.7 Å². The van der Waals surface area contributed by atoms with E-state index in [4.69, 9.17) is 14.0 Å². The van der Waals surface area contributed by atoms with Gasteiger partial charge in [-0.2, -0.15) is 31.3 Å². The van der Waals surface area contributed by atoms with Crippen molar-refractivity contribution in [3.05, 3.63) is 70.0 Å². The summed E-state index contributed by atoms with van der Waals surface area (Å²) in [6, 6.07) is 5.98. The Bertz CT molecular complexity index is 1580. The van der Waals surface area contributed by atoms with Crippen LogP contribution >= 0.6 is 0 Å². The van der Waals surface area contributed by atoms with E-state index in [1.807, 2.05) is 12.1 Å². The Kier molecular flexibility index (Phi) is 7.61. The number of carbonyl (C=O) groups excluding carboxylic acids is 1. The summed E-state index contributed by atoms with van der Waals surface area (Å²) >= 11 is 0. The molecule has 7 nitrogen and oxygen atoms in total. The molecule has 2 heterocycles. The largest absolute Gasteiger partial charge is 0.496 e. The molecule has 234 valence electrons. The van der Waals surface area contributed by atoms with E-state index in [0.29, 0.717) is 53.9 Å². The molecule has 0 bridgehead atoms. The van der Waals surface area contributed by atoms with Crippen LogP contribution in [0.15, 0.2) is 46.5 Å². The number of nitrogens with zero attached hydrogens (tertiary/aromatic N) is 3. The molecule has 6 rings (SSSR count). The number of alkyl halides is 6.